The molecule has 1 N–H and O–H groups in total. The van der Waals surface area contributed by atoms with Gasteiger partial charge < -0.3 is 10.2 Å². The highest BCUT2D eigenvalue weighted by Gasteiger charge is 2.27. The fraction of sp³-hybridized carbons (Fsp3) is 0.278. The number of nitrogens with one attached hydrogen (secondary N) is 1. The predicted molar refractivity (Wildman–Crippen MR) is 83.7 cm³/mol. The van der Waals surface area contributed by atoms with Crippen molar-refractivity contribution in [3.8, 4) is 0 Å². The maximum atomic E-state index is 12.8. The molecule has 4 rings (SSSR count). The molecule has 2 aromatic rings. The van der Waals surface area contributed by atoms with Gasteiger partial charge in [-0.25, -0.2) is 0 Å². The molecule has 3 nitrogen and oxygen atoms in total. The van der Waals surface area contributed by atoms with E-state index in [1.165, 1.54) is 16.7 Å². The van der Waals surface area contributed by atoms with Crippen molar-refractivity contribution in [2.45, 2.75) is 19.4 Å². The Kier molecular flexibility index (Phi) is 3.00. The first kappa shape index (κ1) is 12.6. The van der Waals surface area contributed by atoms with Crippen LogP contribution >= 0.6 is 0 Å². The minimum atomic E-state index is 0.135. The SMILES string of the molecule is O=C1c2ccccc2CCN1c1cccc2c1CNCC2. The van der Waals surface area contributed by atoms with Crippen LogP contribution in [-0.4, -0.2) is 19.0 Å². The summed E-state index contributed by atoms with van der Waals surface area (Å²) in [5, 5.41) is 3.42. The van der Waals surface area contributed by atoms with E-state index in [4.69, 9.17) is 0 Å². The molecule has 2 aromatic carbocycles. The molecule has 0 aromatic heterocycles. The van der Waals surface area contributed by atoms with Gasteiger partial charge in [0.05, 0.1) is 0 Å². The van der Waals surface area contributed by atoms with Crippen molar-refractivity contribution in [2.75, 3.05) is 18.0 Å². The van der Waals surface area contributed by atoms with E-state index in [1.807, 2.05) is 23.1 Å². The van der Waals surface area contributed by atoms with Crippen molar-refractivity contribution in [2.24, 2.45) is 0 Å². The number of hydrogen-bond acceptors (Lipinski definition) is 2. The number of nitrogens with zero attached hydrogens (tertiary/aromatic N) is 1. The van der Waals surface area contributed by atoms with Gasteiger partial charge in [-0.1, -0.05) is 30.3 Å². The van der Waals surface area contributed by atoms with E-state index in [1.54, 1.807) is 0 Å². The number of carbonyl (C=O) groups excluding carboxylic acids is 1. The van der Waals surface area contributed by atoms with E-state index in [-0.39, 0.29) is 5.91 Å². The standard InChI is InChI=1S/C18H18N2O/c21-18-15-6-2-1-4-14(15)9-11-20(18)17-7-3-5-13-8-10-19-12-16(13)17/h1-7,19H,8-12H2. The van der Waals surface area contributed by atoms with Gasteiger partial charge in [0.1, 0.15) is 0 Å². The van der Waals surface area contributed by atoms with E-state index in [9.17, 15) is 4.79 Å². The largest absolute Gasteiger partial charge is 0.312 e. The Balaban J connectivity index is 1.77. The number of carbonyl (C=O) groups is 1. The molecule has 0 saturated carbocycles. The highest BCUT2D eigenvalue weighted by molar-refractivity contribution is 6.08. The molecule has 0 spiro atoms. The number of hydrogen-bond donors (Lipinski definition) is 1. The van der Waals surface area contributed by atoms with Gasteiger partial charge in [0.15, 0.2) is 0 Å². The minimum Gasteiger partial charge on any atom is -0.312 e. The van der Waals surface area contributed by atoms with Gasteiger partial charge in [-0.3, -0.25) is 4.79 Å². The van der Waals surface area contributed by atoms with Crippen LogP contribution < -0.4 is 10.2 Å². The van der Waals surface area contributed by atoms with Crippen molar-refractivity contribution in [3.63, 3.8) is 0 Å². The fourth-order valence-corrected chi connectivity index (χ4v) is 3.40. The zero-order valence-corrected chi connectivity index (χ0v) is 11.9. The quantitative estimate of drug-likeness (QED) is 0.869. The third kappa shape index (κ3) is 2.05. The molecule has 1 amide bonds. The topological polar surface area (TPSA) is 32.3 Å². The molecule has 2 aliphatic rings. The second kappa shape index (κ2) is 5.01. The van der Waals surface area contributed by atoms with Crippen LogP contribution in [0.2, 0.25) is 0 Å². The van der Waals surface area contributed by atoms with E-state index < -0.39 is 0 Å². The number of fused-ring (bicyclic) bond motifs is 2. The summed E-state index contributed by atoms with van der Waals surface area (Å²) >= 11 is 0. The van der Waals surface area contributed by atoms with Crippen LogP contribution in [0.3, 0.4) is 0 Å². The van der Waals surface area contributed by atoms with E-state index in [2.05, 4.69) is 29.6 Å². The molecule has 2 heterocycles. The average molecular weight is 278 g/mol. The predicted octanol–water partition coefficient (Wildman–Crippen LogP) is 2.54. The van der Waals surface area contributed by atoms with Crippen LogP contribution in [-0.2, 0) is 19.4 Å². The molecule has 0 bridgehead atoms. The van der Waals surface area contributed by atoms with Gasteiger partial charge >= 0.3 is 0 Å². The lowest BCUT2D eigenvalue weighted by Gasteiger charge is -2.32. The molecular weight excluding hydrogens is 260 g/mol. The monoisotopic (exact) mass is 278 g/mol. The van der Waals surface area contributed by atoms with Crippen LogP contribution in [0.1, 0.15) is 27.0 Å². The van der Waals surface area contributed by atoms with Crippen molar-refractivity contribution >= 4 is 11.6 Å². The summed E-state index contributed by atoms with van der Waals surface area (Å²) in [4.78, 5) is 14.8. The molecule has 2 aliphatic heterocycles. The third-order valence-corrected chi connectivity index (χ3v) is 4.51. The molecule has 0 aliphatic carbocycles. The van der Waals surface area contributed by atoms with Gasteiger partial charge in [0.2, 0.25) is 0 Å². The molecule has 0 saturated heterocycles. The Labute approximate surface area is 124 Å². The van der Waals surface area contributed by atoms with Gasteiger partial charge in [0, 0.05) is 24.3 Å². The van der Waals surface area contributed by atoms with E-state index in [0.29, 0.717) is 0 Å². The molecule has 106 valence electrons. The lowest BCUT2D eigenvalue weighted by atomic mass is 9.95. The maximum Gasteiger partial charge on any atom is 0.258 e. The van der Waals surface area contributed by atoms with Crippen LogP contribution in [0.5, 0.6) is 0 Å². The maximum absolute atomic E-state index is 12.8. The summed E-state index contributed by atoms with van der Waals surface area (Å²) in [7, 11) is 0. The number of amides is 1. The highest BCUT2D eigenvalue weighted by Crippen LogP contribution is 2.30. The summed E-state index contributed by atoms with van der Waals surface area (Å²) in [6.07, 6.45) is 1.97. The van der Waals surface area contributed by atoms with Gasteiger partial charge in [-0.05, 0) is 48.2 Å². The van der Waals surface area contributed by atoms with Crippen LogP contribution in [0, 0.1) is 0 Å². The molecular formula is C18H18N2O. The van der Waals surface area contributed by atoms with Gasteiger partial charge in [-0.2, -0.15) is 0 Å². The molecule has 0 fully saturated rings. The molecule has 0 atom stereocenters. The number of anilines is 1. The second-order valence-electron chi connectivity index (χ2n) is 5.71. The van der Waals surface area contributed by atoms with Crippen molar-refractivity contribution in [3.05, 3.63) is 64.7 Å². The van der Waals surface area contributed by atoms with Gasteiger partial charge in [0.25, 0.3) is 5.91 Å². The Morgan fingerprint density at radius 1 is 0.952 bits per heavy atom. The number of rotatable bonds is 1. The lowest BCUT2D eigenvalue weighted by Crippen LogP contribution is -2.39. The molecule has 3 heteroatoms. The van der Waals surface area contributed by atoms with Gasteiger partial charge in [-0.15, -0.1) is 0 Å². The van der Waals surface area contributed by atoms with Crippen LogP contribution in [0.15, 0.2) is 42.5 Å². The first-order valence-electron chi connectivity index (χ1n) is 7.56. The Morgan fingerprint density at radius 3 is 2.76 bits per heavy atom. The van der Waals surface area contributed by atoms with Crippen molar-refractivity contribution < 1.29 is 4.79 Å². The first-order valence-corrected chi connectivity index (χ1v) is 7.56. The summed E-state index contributed by atoms with van der Waals surface area (Å²) in [6, 6.07) is 14.3. The van der Waals surface area contributed by atoms with Crippen LogP contribution in [0.4, 0.5) is 5.69 Å². The minimum absolute atomic E-state index is 0.135. The third-order valence-electron chi connectivity index (χ3n) is 4.51. The van der Waals surface area contributed by atoms with Crippen molar-refractivity contribution in [1.82, 2.24) is 5.32 Å². The Morgan fingerprint density at radius 2 is 1.81 bits per heavy atom. The lowest BCUT2D eigenvalue weighted by molar-refractivity contribution is 0.0980. The molecule has 0 unspecified atom stereocenters. The fourth-order valence-electron chi connectivity index (χ4n) is 3.40. The Hall–Kier alpha value is -2.13. The normalized spacial score (nSPS) is 17.3. The molecule has 0 radical (unpaired) electrons. The van der Waals surface area contributed by atoms with E-state index in [0.717, 1.165) is 43.7 Å². The number of benzene rings is 2. The summed E-state index contributed by atoms with van der Waals surface area (Å²) < 4.78 is 0. The zero-order valence-electron chi connectivity index (χ0n) is 11.9. The second-order valence-corrected chi connectivity index (χ2v) is 5.71. The Bertz CT molecular complexity index is 708. The first-order chi connectivity index (χ1) is 10.3. The van der Waals surface area contributed by atoms with E-state index >= 15 is 0 Å². The van der Waals surface area contributed by atoms with Crippen LogP contribution in [0.25, 0.3) is 0 Å². The van der Waals surface area contributed by atoms with Crippen molar-refractivity contribution in [1.29, 1.82) is 0 Å². The summed E-state index contributed by atoms with van der Waals surface area (Å²) in [5.41, 5.74) is 5.76. The summed E-state index contributed by atoms with van der Waals surface area (Å²) in [6.45, 7) is 2.65. The molecule has 21 heavy (non-hydrogen) atoms. The zero-order chi connectivity index (χ0) is 14.2. The average Bonchev–Trinajstić information content (AvgIpc) is 2.55. The summed E-state index contributed by atoms with van der Waals surface area (Å²) in [5.74, 6) is 0.135. The highest BCUT2D eigenvalue weighted by atomic mass is 16.2. The smallest absolute Gasteiger partial charge is 0.258 e.